The van der Waals surface area contributed by atoms with Gasteiger partial charge in [0.2, 0.25) is 0 Å². The van der Waals surface area contributed by atoms with Gasteiger partial charge in [-0.25, -0.2) is 4.39 Å². The van der Waals surface area contributed by atoms with Crippen LogP contribution in [0.2, 0.25) is 10.0 Å². The van der Waals surface area contributed by atoms with Crippen LogP contribution in [0.4, 0.5) is 10.1 Å². The molecule has 0 saturated heterocycles. The van der Waals surface area contributed by atoms with Crippen LogP contribution in [0.15, 0.2) is 66.2 Å². The van der Waals surface area contributed by atoms with E-state index in [0.717, 1.165) is 0 Å². The standard InChI is InChI=1S/C24H17Cl2FN2O3/c1-31-20-7-5-16(23(12-20)32-14-15-3-2-4-18(27)9-15)10-17(13-28)24(30)29-19-6-8-21(25)22(26)11-19/h2-12H,14H2,1H3,(H,29,30)/b17-10+. The molecular weight excluding hydrogens is 454 g/mol. The molecule has 0 saturated carbocycles. The van der Waals surface area contributed by atoms with E-state index in [0.29, 0.717) is 33.3 Å². The number of amides is 1. The summed E-state index contributed by atoms with van der Waals surface area (Å²) < 4.78 is 24.5. The number of ether oxygens (including phenoxy) is 2. The molecule has 8 heteroatoms. The van der Waals surface area contributed by atoms with Gasteiger partial charge in [0.15, 0.2) is 0 Å². The van der Waals surface area contributed by atoms with E-state index in [4.69, 9.17) is 32.7 Å². The van der Waals surface area contributed by atoms with E-state index in [1.165, 1.54) is 37.5 Å². The summed E-state index contributed by atoms with van der Waals surface area (Å²) in [5.41, 5.74) is 1.34. The molecule has 0 radical (unpaired) electrons. The summed E-state index contributed by atoms with van der Waals surface area (Å²) >= 11 is 11.9. The van der Waals surface area contributed by atoms with Crippen LogP contribution in [0.25, 0.3) is 6.08 Å². The molecule has 5 nitrogen and oxygen atoms in total. The zero-order chi connectivity index (χ0) is 23.1. The molecule has 3 aromatic rings. The quantitative estimate of drug-likeness (QED) is 0.326. The Labute approximate surface area is 194 Å². The van der Waals surface area contributed by atoms with E-state index in [-0.39, 0.29) is 23.0 Å². The fraction of sp³-hybridized carbons (Fsp3) is 0.0833. The molecular formula is C24H17Cl2FN2O3. The van der Waals surface area contributed by atoms with Gasteiger partial charge in [-0.15, -0.1) is 0 Å². The third-order valence-corrected chi connectivity index (χ3v) is 5.09. The first-order valence-electron chi connectivity index (χ1n) is 9.33. The lowest BCUT2D eigenvalue weighted by atomic mass is 10.1. The smallest absolute Gasteiger partial charge is 0.266 e. The van der Waals surface area contributed by atoms with Gasteiger partial charge in [0.25, 0.3) is 5.91 Å². The van der Waals surface area contributed by atoms with Gasteiger partial charge in [0, 0.05) is 17.3 Å². The number of halogens is 3. The molecule has 0 unspecified atom stereocenters. The SMILES string of the molecule is COc1ccc(/C=C(\C#N)C(=O)Nc2ccc(Cl)c(Cl)c2)c(OCc2cccc(F)c2)c1. The van der Waals surface area contributed by atoms with Crippen molar-refractivity contribution in [3.8, 4) is 17.6 Å². The lowest BCUT2D eigenvalue weighted by molar-refractivity contribution is -0.112. The summed E-state index contributed by atoms with van der Waals surface area (Å²) in [6.45, 7) is 0.0864. The summed E-state index contributed by atoms with van der Waals surface area (Å²) in [6, 6.07) is 17.4. The highest BCUT2D eigenvalue weighted by Gasteiger charge is 2.13. The third kappa shape index (κ3) is 6.01. The number of nitrogens with one attached hydrogen (secondary N) is 1. The number of rotatable bonds is 7. The Morgan fingerprint density at radius 3 is 2.62 bits per heavy atom. The fourth-order valence-corrected chi connectivity index (χ4v) is 3.05. The number of hydrogen-bond donors (Lipinski definition) is 1. The average Bonchev–Trinajstić information content (AvgIpc) is 2.78. The van der Waals surface area contributed by atoms with Gasteiger partial charge >= 0.3 is 0 Å². The first-order valence-corrected chi connectivity index (χ1v) is 10.1. The Hall–Kier alpha value is -3.53. The highest BCUT2D eigenvalue weighted by atomic mass is 35.5. The fourth-order valence-electron chi connectivity index (χ4n) is 2.75. The first-order chi connectivity index (χ1) is 15.4. The lowest BCUT2D eigenvalue weighted by Gasteiger charge is -2.12. The molecule has 3 rings (SSSR count). The summed E-state index contributed by atoms with van der Waals surface area (Å²) in [7, 11) is 1.51. The Bertz CT molecular complexity index is 1220. The number of carbonyl (C=O) groups is 1. The number of benzene rings is 3. The van der Waals surface area contributed by atoms with E-state index < -0.39 is 5.91 Å². The normalized spacial score (nSPS) is 10.9. The van der Waals surface area contributed by atoms with Crippen molar-refractivity contribution in [2.24, 2.45) is 0 Å². The van der Waals surface area contributed by atoms with Gasteiger partial charge in [-0.2, -0.15) is 5.26 Å². The van der Waals surface area contributed by atoms with Crippen molar-refractivity contribution in [2.45, 2.75) is 6.61 Å². The van der Waals surface area contributed by atoms with Gasteiger partial charge < -0.3 is 14.8 Å². The molecule has 32 heavy (non-hydrogen) atoms. The van der Waals surface area contributed by atoms with Crippen LogP contribution >= 0.6 is 23.2 Å². The van der Waals surface area contributed by atoms with Crippen molar-refractivity contribution in [2.75, 3.05) is 12.4 Å². The number of nitriles is 1. The molecule has 162 valence electrons. The average molecular weight is 471 g/mol. The number of methoxy groups -OCH3 is 1. The zero-order valence-corrected chi connectivity index (χ0v) is 18.4. The Morgan fingerprint density at radius 1 is 1.12 bits per heavy atom. The van der Waals surface area contributed by atoms with E-state index in [1.807, 2.05) is 6.07 Å². The minimum atomic E-state index is -0.627. The molecule has 0 aliphatic heterocycles. The predicted molar refractivity (Wildman–Crippen MR) is 122 cm³/mol. The highest BCUT2D eigenvalue weighted by molar-refractivity contribution is 6.42. The van der Waals surface area contributed by atoms with Gasteiger partial charge in [0.05, 0.1) is 17.2 Å². The van der Waals surface area contributed by atoms with Gasteiger partial charge in [-0.1, -0.05) is 35.3 Å². The Kier molecular flexibility index (Phi) is 7.72. The first kappa shape index (κ1) is 23.1. The van der Waals surface area contributed by atoms with Crippen LogP contribution in [0, 0.1) is 17.1 Å². The van der Waals surface area contributed by atoms with E-state index in [1.54, 1.807) is 36.4 Å². The number of carbonyl (C=O) groups excluding carboxylic acids is 1. The predicted octanol–water partition coefficient (Wildman–Crippen LogP) is 6.27. The Balaban J connectivity index is 1.86. The molecule has 0 bridgehead atoms. The van der Waals surface area contributed by atoms with Crippen molar-refractivity contribution in [3.63, 3.8) is 0 Å². The van der Waals surface area contributed by atoms with E-state index >= 15 is 0 Å². The monoisotopic (exact) mass is 470 g/mol. The van der Waals surface area contributed by atoms with Crippen LogP contribution in [-0.4, -0.2) is 13.0 Å². The van der Waals surface area contributed by atoms with Gasteiger partial charge in [-0.05, 0) is 54.1 Å². The van der Waals surface area contributed by atoms with Crippen molar-refractivity contribution in [1.29, 1.82) is 5.26 Å². The molecule has 1 amide bonds. The maximum absolute atomic E-state index is 13.4. The molecule has 1 N–H and O–H groups in total. The van der Waals surface area contributed by atoms with Crippen molar-refractivity contribution >= 4 is 40.9 Å². The summed E-state index contributed by atoms with van der Waals surface area (Å²) in [6.07, 6.45) is 1.40. The summed E-state index contributed by atoms with van der Waals surface area (Å²) in [5, 5.41) is 12.8. The molecule has 0 spiro atoms. The van der Waals surface area contributed by atoms with Crippen LogP contribution < -0.4 is 14.8 Å². The number of anilines is 1. The van der Waals surface area contributed by atoms with Gasteiger partial charge in [-0.3, -0.25) is 4.79 Å². The number of nitrogens with zero attached hydrogens (tertiary/aromatic N) is 1. The second-order valence-corrected chi connectivity index (χ2v) is 7.39. The second kappa shape index (κ2) is 10.7. The summed E-state index contributed by atoms with van der Waals surface area (Å²) in [4.78, 5) is 12.6. The maximum Gasteiger partial charge on any atom is 0.266 e. The maximum atomic E-state index is 13.4. The Morgan fingerprint density at radius 2 is 1.94 bits per heavy atom. The van der Waals surface area contributed by atoms with E-state index in [9.17, 15) is 14.4 Å². The van der Waals surface area contributed by atoms with Gasteiger partial charge in [0.1, 0.15) is 35.6 Å². The molecule has 0 aromatic heterocycles. The largest absolute Gasteiger partial charge is 0.497 e. The second-order valence-electron chi connectivity index (χ2n) is 6.58. The highest BCUT2D eigenvalue weighted by Crippen LogP contribution is 2.29. The van der Waals surface area contributed by atoms with Crippen LogP contribution in [-0.2, 0) is 11.4 Å². The van der Waals surface area contributed by atoms with Crippen LogP contribution in [0.1, 0.15) is 11.1 Å². The molecule has 0 aliphatic carbocycles. The topological polar surface area (TPSA) is 71.3 Å². The molecule has 0 aliphatic rings. The van der Waals surface area contributed by atoms with Crippen molar-refractivity contribution in [1.82, 2.24) is 0 Å². The minimum Gasteiger partial charge on any atom is -0.497 e. The summed E-state index contributed by atoms with van der Waals surface area (Å²) in [5.74, 6) is -0.112. The third-order valence-electron chi connectivity index (χ3n) is 4.35. The van der Waals surface area contributed by atoms with E-state index in [2.05, 4.69) is 5.32 Å². The minimum absolute atomic E-state index is 0.0864. The lowest BCUT2D eigenvalue weighted by Crippen LogP contribution is -2.13. The molecule has 0 heterocycles. The zero-order valence-electron chi connectivity index (χ0n) is 16.9. The molecule has 0 atom stereocenters. The van der Waals surface area contributed by atoms with Crippen LogP contribution in [0.3, 0.4) is 0 Å². The van der Waals surface area contributed by atoms with Crippen molar-refractivity contribution < 1.29 is 18.7 Å². The molecule has 3 aromatic carbocycles. The van der Waals surface area contributed by atoms with Crippen LogP contribution in [0.5, 0.6) is 11.5 Å². The number of hydrogen-bond acceptors (Lipinski definition) is 4. The molecule has 0 fully saturated rings. The van der Waals surface area contributed by atoms with Crippen molar-refractivity contribution in [3.05, 3.63) is 93.2 Å².